The van der Waals surface area contributed by atoms with Crippen LogP contribution < -0.4 is 9.46 Å². The Bertz CT molecular complexity index is 515. The molecule has 1 rings (SSSR count). The summed E-state index contributed by atoms with van der Waals surface area (Å²) < 4.78 is 35.6. The van der Waals surface area contributed by atoms with Crippen molar-refractivity contribution in [3.8, 4) is 5.75 Å². The van der Waals surface area contributed by atoms with Gasteiger partial charge >= 0.3 is 5.97 Å². The molecule has 0 bridgehead atoms. The average molecular weight is 315 g/mol. The highest BCUT2D eigenvalue weighted by molar-refractivity contribution is 7.89. The van der Waals surface area contributed by atoms with Crippen LogP contribution in [0.15, 0.2) is 30.3 Å². The second-order valence-corrected chi connectivity index (χ2v) is 6.33. The molecule has 0 aliphatic carbocycles. The highest BCUT2D eigenvalue weighted by atomic mass is 32.2. The highest BCUT2D eigenvalue weighted by Crippen LogP contribution is 2.08. The third-order valence-corrected chi connectivity index (χ3v) is 4.15. The first kappa shape index (κ1) is 17.5. The molecule has 1 N–H and O–H groups in total. The topological polar surface area (TPSA) is 81.7 Å². The minimum atomic E-state index is -3.34. The van der Waals surface area contributed by atoms with Crippen molar-refractivity contribution in [3.63, 3.8) is 0 Å². The number of benzene rings is 1. The summed E-state index contributed by atoms with van der Waals surface area (Å²) in [6.07, 6.45) is 0.933. The molecule has 0 saturated heterocycles. The van der Waals surface area contributed by atoms with E-state index in [1.54, 1.807) is 0 Å². The number of hydrogen-bond acceptors (Lipinski definition) is 5. The van der Waals surface area contributed by atoms with Crippen LogP contribution in [0.4, 0.5) is 0 Å². The smallest absolute Gasteiger partial charge is 0.305 e. The molecular formula is C14H21NO5S. The van der Waals surface area contributed by atoms with Gasteiger partial charge in [-0.1, -0.05) is 18.2 Å². The fourth-order valence-electron chi connectivity index (χ4n) is 1.59. The molecule has 21 heavy (non-hydrogen) atoms. The van der Waals surface area contributed by atoms with Crippen molar-refractivity contribution in [3.05, 3.63) is 30.3 Å². The van der Waals surface area contributed by atoms with E-state index in [2.05, 4.69) is 9.46 Å². The molecule has 118 valence electrons. The van der Waals surface area contributed by atoms with Gasteiger partial charge in [-0.25, -0.2) is 13.1 Å². The maximum absolute atomic E-state index is 11.6. The van der Waals surface area contributed by atoms with E-state index in [1.807, 2.05) is 30.3 Å². The summed E-state index contributed by atoms with van der Waals surface area (Å²) in [6.45, 7) is 0.752. The van der Waals surface area contributed by atoms with Gasteiger partial charge in [0, 0.05) is 13.0 Å². The first-order chi connectivity index (χ1) is 10.0. The Morgan fingerprint density at radius 2 is 1.90 bits per heavy atom. The Kier molecular flexibility index (Phi) is 7.78. The van der Waals surface area contributed by atoms with Crippen LogP contribution in [0.2, 0.25) is 0 Å². The minimum Gasteiger partial charge on any atom is -0.494 e. The summed E-state index contributed by atoms with van der Waals surface area (Å²) in [7, 11) is -2.06. The van der Waals surface area contributed by atoms with Crippen LogP contribution in [0.3, 0.4) is 0 Å². The molecule has 0 fully saturated rings. The summed E-state index contributed by atoms with van der Waals surface area (Å²) in [5.74, 6) is 0.279. The normalized spacial score (nSPS) is 11.1. The Hall–Kier alpha value is -1.60. The van der Waals surface area contributed by atoms with E-state index in [4.69, 9.17) is 4.74 Å². The van der Waals surface area contributed by atoms with Gasteiger partial charge in [0.05, 0.1) is 19.5 Å². The third kappa shape index (κ3) is 8.31. The Morgan fingerprint density at radius 3 is 2.57 bits per heavy atom. The molecule has 1 aromatic rings. The number of para-hydroxylation sites is 1. The van der Waals surface area contributed by atoms with Crippen LogP contribution in [0.1, 0.15) is 19.3 Å². The van der Waals surface area contributed by atoms with Gasteiger partial charge in [0.15, 0.2) is 0 Å². The molecule has 0 aliphatic heterocycles. The largest absolute Gasteiger partial charge is 0.494 e. The molecule has 0 heterocycles. The molecule has 0 saturated carbocycles. The number of hydrogen-bond donors (Lipinski definition) is 1. The number of sulfonamides is 1. The van der Waals surface area contributed by atoms with Gasteiger partial charge in [0.2, 0.25) is 10.0 Å². The zero-order chi connectivity index (χ0) is 15.6. The van der Waals surface area contributed by atoms with Gasteiger partial charge in [-0.05, 0) is 25.0 Å². The quantitative estimate of drug-likeness (QED) is 0.520. The van der Waals surface area contributed by atoms with Crippen molar-refractivity contribution >= 4 is 16.0 Å². The second kappa shape index (κ2) is 9.36. The zero-order valence-electron chi connectivity index (χ0n) is 12.1. The van der Waals surface area contributed by atoms with Crippen LogP contribution in [-0.4, -0.2) is 40.4 Å². The second-order valence-electron chi connectivity index (χ2n) is 4.41. The SMILES string of the molecule is COC(=O)CCCS(=O)(=O)NCCCOc1ccccc1. The molecule has 0 unspecified atom stereocenters. The Morgan fingerprint density at radius 1 is 1.19 bits per heavy atom. The standard InChI is InChI=1S/C14H21NO5S/c1-19-14(16)9-5-12-21(17,18)15-10-6-11-20-13-7-3-2-4-8-13/h2-4,7-8,15H,5-6,9-12H2,1H3. The number of esters is 1. The van der Waals surface area contributed by atoms with Crippen molar-refractivity contribution in [2.45, 2.75) is 19.3 Å². The molecule has 0 aromatic heterocycles. The molecule has 0 radical (unpaired) electrons. The van der Waals surface area contributed by atoms with E-state index in [-0.39, 0.29) is 18.6 Å². The predicted octanol–water partition coefficient (Wildman–Crippen LogP) is 1.33. The molecule has 6 nitrogen and oxygen atoms in total. The molecular weight excluding hydrogens is 294 g/mol. The Balaban J connectivity index is 2.12. The number of carbonyl (C=O) groups is 1. The lowest BCUT2D eigenvalue weighted by molar-refractivity contribution is -0.140. The number of nitrogens with one attached hydrogen (secondary N) is 1. The summed E-state index contributed by atoms with van der Waals surface area (Å²) in [4.78, 5) is 10.9. The van der Waals surface area contributed by atoms with E-state index < -0.39 is 16.0 Å². The van der Waals surface area contributed by atoms with Crippen molar-refractivity contribution < 1.29 is 22.7 Å². The first-order valence-electron chi connectivity index (χ1n) is 6.75. The highest BCUT2D eigenvalue weighted by Gasteiger charge is 2.10. The van der Waals surface area contributed by atoms with E-state index in [0.29, 0.717) is 19.6 Å². The average Bonchev–Trinajstić information content (AvgIpc) is 2.47. The molecule has 0 atom stereocenters. The monoisotopic (exact) mass is 315 g/mol. The van der Waals surface area contributed by atoms with Crippen LogP contribution >= 0.6 is 0 Å². The summed E-state index contributed by atoms with van der Waals surface area (Å²) in [6, 6.07) is 9.34. The molecule has 0 spiro atoms. The van der Waals surface area contributed by atoms with Gasteiger partial charge < -0.3 is 9.47 Å². The maximum atomic E-state index is 11.6. The molecule has 0 aliphatic rings. The zero-order valence-corrected chi connectivity index (χ0v) is 12.9. The van der Waals surface area contributed by atoms with Crippen LogP contribution in [0, 0.1) is 0 Å². The summed E-state index contributed by atoms with van der Waals surface area (Å²) in [5.41, 5.74) is 0. The van der Waals surface area contributed by atoms with Crippen LogP contribution in [0.25, 0.3) is 0 Å². The van der Waals surface area contributed by atoms with Gasteiger partial charge in [0.25, 0.3) is 0 Å². The lowest BCUT2D eigenvalue weighted by atomic mass is 10.3. The van der Waals surface area contributed by atoms with E-state index in [1.165, 1.54) is 7.11 Å². The Labute approximate surface area is 125 Å². The van der Waals surface area contributed by atoms with Crippen molar-refractivity contribution in [2.75, 3.05) is 26.0 Å². The number of ether oxygens (including phenoxy) is 2. The number of carbonyl (C=O) groups excluding carboxylic acids is 1. The summed E-state index contributed by atoms with van der Waals surface area (Å²) >= 11 is 0. The lowest BCUT2D eigenvalue weighted by Crippen LogP contribution is -2.28. The van der Waals surface area contributed by atoms with E-state index in [9.17, 15) is 13.2 Å². The molecule has 0 amide bonds. The predicted molar refractivity (Wildman–Crippen MR) is 79.6 cm³/mol. The van der Waals surface area contributed by atoms with Gasteiger partial charge in [0.1, 0.15) is 5.75 Å². The fraction of sp³-hybridized carbons (Fsp3) is 0.500. The van der Waals surface area contributed by atoms with Crippen molar-refractivity contribution in [2.24, 2.45) is 0 Å². The van der Waals surface area contributed by atoms with Crippen LogP contribution in [0.5, 0.6) is 5.75 Å². The maximum Gasteiger partial charge on any atom is 0.305 e. The van der Waals surface area contributed by atoms with Crippen LogP contribution in [-0.2, 0) is 19.6 Å². The fourth-order valence-corrected chi connectivity index (χ4v) is 2.71. The molecule has 1 aromatic carbocycles. The third-order valence-electron chi connectivity index (χ3n) is 2.68. The van der Waals surface area contributed by atoms with Crippen molar-refractivity contribution in [1.29, 1.82) is 0 Å². The van der Waals surface area contributed by atoms with Gasteiger partial charge in [-0.3, -0.25) is 4.79 Å². The van der Waals surface area contributed by atoms with E-state index in [0.717, 1.165) is 5.75 Å². The van der Waals surface area contributed by atoms with E-state index >= 15 is 0 Å². The van der Waals surface area contributed by atoms with Crippen molar-refractivity contribution in [1.82, 2.24) is 4.72 Å². The summed E-state index contributed by atoms with van der Waals surface area (Å²) in [5, 5.41) is 0. The van der Waals surface area contributed by atoms with Gasteiger partial charge in [-0.2, -0.15) is 0 Å². The molecule has 7 heteroatoms. The number of methoxy groups -OCH3 is 1. The number of rotatable bonds is 10. The van der Waals surface area contributed by atoms with Gasteiger partial charge in [-0.15, -0.1) is 0 Å². The lowest BCUT2D eigenvalue weighted by Gasteiger charge is -2.08. The first-order valence-corrected chi connectivity index (χ1v) is 8.41. The minimum absolute atomic E-state index is 0.0817.